The number of pyridine rings is 1. The van der Waals surface area contributed by atoms with Crippen LogP contribution in [0.15, 0.2) is 10.6 Å². The van der Waals surface area contributed by atoms with E-state index < -0.39 is 11.3 Å². The Hall–Kier alpha value is -2.68. The topological polar surface area (TPSA) is 117 Å². The summed E-state index contributed by atoms with van der Waals surface area (Å²) < 4.78 is 16.6. The number of nitrogens with two attached hydrogens (primary N) is 1. The molecule has 0 spiro atoms. The molecule has 1 amide bonds. The van der Waals surface area contributed by atoms with E-state index in [0.717, 1.165) is 31.6 Å². The Kier molecular flexibility index (Phi) is 4.94. The van der Waals surface area contributed by atoms with Gasteiger partial charge in [0.2, 0.25) is 11.8 Å². The van der Waals surface area contributed by atoms with Crippen molar-refractivity contribution in [1.29, 1.82) is 0 Å². The molecule has 0 bridgehead atoms. The Labute approximate surface area is 169 Å². The summed E-state index contributed by atoms with van der Waals surface area (Å²) in [5, 5.41) is 4.06. The molecule has 0 unspecified atom stereocenters. The lowest BCUT2D eigenvalue weighted by molar-refractivity contribution is 0.0782. The number of primary amides is 1. The van der Waals surface area contributed by atoms with Crippen molar-refractivity contribution in [2.45, 2.75) is 45.1 Å². The smallest absolute Gasteiger partial charge is 0.267 e. The fourth-order valence-corrected chi connectivity index (χ4v) is 3.42. The summed E-state index contributed by atoms with van der Waals surface area (Å²) in [6.07, 6.45) is 2.49. The maximum Gasteiger partial charge on any atom is 0.267 e. The first-order chi connectivity index (χ1) is 13.8. The largest absolute Gasteiger partial charge is 0.476 e. The molecule has 2 aromatic heterocycles. The first-order valence-electron chi connectivity index (χ1n) is 9.86. The van der Waals surface area contributed by atoms with Gasteiger partial charge in [-0.15, -0.1) is 0 Å². The van der Waals surface area contributed by atoms with Crippen LogP contribution in [-0.2, 0) is 10.2 Å². The lowest BCUT2D eigenvalue weighted by Crippen LogP contribution is -2.52. The molecule has 1 saturated carbocycles. The Morgan fingerprint density at radius 3 is 2.62 bits per heavy atom. The number of aryl methyl sites for hydroxylation is 1. The number of anilines is 1. The fraction of sp³-hybridized carbons (Fsp3) is 0.600. The fourth-order valence-electron chi connectivity index (χ4n) is 3.42. The number of ether oxygens (including phenoxy) is 2. The second-order valence-electron chi connectivity index (χ2n) is 8.35. The van der Waals surface area contributed by atoms with Crippen molar-refractivity contribution < 1.29 is 18.8 Å². The number of methoxy groups -OCH3 is 1. The monoisotopic (exact) mass is 401 g/mol. The second-order valence-corrected chi connectivity index (χ2v) is 8.35. The van der Waals surface area contributed by atoms with E-state index in [-0.39, 0.29) is 11.8 Å². The number of carbonyl (C=O) groups is 1. The van der Waals surface area contributed by atoms with E-state index in [1.54, 1.807) is 14.0 Å². The summed E-state index contributed by atoms with van der Waals surface area (Å²) in [6.45, 7) is 7.62. The van der Waals surface area contributed by atoms with Gasteiger partial charge in [0.05, 0.1) is 18.1 Å². The lowest BCUT2D eigenvalue weighted by Gasteiger charge is -2.41. The van der Waals surface area contributed by atoms with Gasteiger partial charge in [-0.3, -0.25) is 4.79 Å². The Morgan fingerprint density at radius 1 is 1.34 bits per heavy atom. The van der Waals surface area contributed by atoms with Crippen LogP contribution in [0.2, 0.25) is 0 Å². The van der Waals surface area contributed by atoms with Crippen molar-refractivity contribution >= 4 is 11.6 Å². The van der Waals surface area contributed by atoms with Crippen LogP contribution in [0.3, 0.4) is 0 Å². The number of carbonyl (C=O) groups excluding carboxylic acids is 1. The van der Waals surface area contributed by atoms with Crippen molar-refractivity contribution in [2.24, 2.45) is 11.7 Å². The molecule has 156 valence electrons. The molecule has 0 atom stereocenters. The molecule has 1 saturated heterocycles. The molecule has 3 heterocycles. The van der Waals surface area contributed by atoms with E-state index in [0.29, 0.717) is 35.7 Å². The average molecular weight is 401 g/mol. The number of rotatable bonds is 8. The van der Waals surface area contributed by atoms with Gasteiger partial charge in [-0.05, 0) is 44.2 Å². The zero-order chi connectivity index (χ0) is 20.8. The Morgan fingerprint density at radius 2 is 2.07 bits per heavy atom. The van der Waals surface area contributed by atoms with Crippen LogP contribution in [0.5, 0.6) is 5.88 Å². The van der Waals surface area contributed by atoms with Crippen molar-refractivity contribution in [3.8, 4) is 5.88 Å². The quantitative estimate of drug-likeness (QED) is 0.712. The molecule has 0 aromatic carbocycles. The van der Waals surface area contributed by atoms with Crippen molar-refractivity contribution in [3.05, 3.63) is 29.0 Å². The van der Waals surface area contributed by atoms with Gasteiger partial charge in [0.1, 0.15) is 11.4 Å². The van der Waals surface area contributed by atoms with Gasteiger partial charge in [0.15, 0.2) is 5.82 Å². The van der Waals surface area contributed by atoms with Crippen LogP contribution in [0, 0.1) is 12.8 Å². The normalized spacial score (nSPS) is 17.3. The van der Waals surface area contributed by atoms with Crippen LogP contribution in [0.25, 0.3) is 0 Å². The molecule has 0 radical (unpaired) electrons. The summed E-state index contributed by atoms with van der Waals surface area (Å²) in [5.74, 6) is 1.30. The van der Waals surface area contributed by atoms with Gasteiger partial charge in [-0.1, -0.05) is 5.16 Å². The van der Waals surface area contributed by atoms with Crippen molar-refractivity contribution in [2.75, 3.05) is 31.7 Å². The molecule has 2 aliphatic rings. The minimum Gasteiger partial charge on any atom is -0.476 e. The highest BCUT2D eigenvalue weighted by Crippen LogP contribution is 2.40. The summed E-state index contributed by atoms with van der Waals surface area (Å²) in [7, 11) is 1.70. The van der Waals surface area contributed by atoms with Crippen molar-refractivity contribution in [1.82, 2.24) is 15.1 Å². The second kappa shape index (κ2) is 7.29. The predicted molar refractivity (Wildman–Crippen MR) is 105 cm³/mol. The third kappa shape index (κ3) is 3.78. The van der Waals surface area contributed by atoms with Crippen LogP contribution in [-0.4, -0.2) is 53.9 Å². The van der Waals surface area contributed by atoms with Gasteiger partial charge < -0.3 is 24.6 Å². The van der Waals surface area contributed by atoms with Crippen LogP contribution in [0.1, 0.15) is 54.5 Å². The van der Waals surface area contributed by atoms with E-state index in [2.05, 4.69) is 20.0 Å². The van der Waals surface area contributed by atoms with E-state index >= 15 is 0 Å². The zero-order valence-corrected chi connectivity index (χ0v) is 17.3. The number of aromatic nitrogens is 3. The maximum absolute atomic E-state index is 12.3. The first-order valence-corrected chi connectivity index (χ1v) is 9.86. The van der Waals surface area contributed by atoms with Crippen LogP contribution in [0.4, 0.5) is 5.69 Å². The van der Waals surface area contributed by atoms with E-state index in [4.69, 9.17) is 19.7 Å². The Bertz CT molecular complexity index is 916. The molecule has 29 heavy (non-hydrogen) atoms. The standard InChI is InChI=1S/C20H27N5O4/c1-11-22-19(24-29-11)20(2,3)14-7-15(25-8-13(9-25)27-4)18(23-16(14)17(21)26)28-10-12-5-6-12/h7,12-13H,5-6,8-10H2,1-4H3,(H2,21,26). The predicted octanol–water partition coefficient (Wildman–Crippen LogP) is 1.82. The van der Waals surface area contributed by atoms with Crippen LogP contribution >= 0.6 is 0 Å². The summed E-state index contributed by atoms with van der Waals surface area (Å²) in [4.78, 5) is 23.3. The van der Waals surface area contributed by atoms with Gasteiger partial charge in [0.25, 0.3) is 5.91 Å². The van der Waals surface area contributed by atoms with Gasteiger partial charge >= 0.3 is 0 Å². The highest BCUT2D eigenvalue weighted by atomic mass is 16.5. The zero-order valence-electron chi connectivity index (χ0n) is 17.3. The highest BCUT2D eigenvalue weighted by Gasteiger charge is 2.37. The molecular weight excluding hydrogens is 374 g/mol. The summed E-state index contributed by atoms with van der Waals surface area (Å²) >= 11 is 0. The minimum absolute atomic E-state index is 0.163. The average Bonchev–Trinajstić information content (AvgIpc) is 3.37. The molecule has 9 heteroatoms. The highest BCUT2D eigenvalue weighted by molar-refractivity contribution is 5.93. The summed E-state index contributed by atoms with van der Waals surface area (Å²) in [6, 6.07) is 1.92. The molecule has 2 N–H and O–H groups in total. The molecule has 2 fully saturated rings. The van der Waals surface area contributed by atoms with Crippen LogP contribution < -0.4 is 15.4 Å². The lowest BCUT2D eigenvalue weighted by atomic mass is 9.82. The molecular formula is C20H27N5O4. The first kappa shape index (κ1) is 19.6. The Balaban J connectivity index is 1.77. The SMILES string of the molecule is COC1CN(c2cc(C(C)(C)c3noc(C)n3)c(C(N)=O)nc2OCC2CC2)C1. The number of nitrogens with zero attached hydrogens (tertiary/aromatic N) is 4. The van der Waals surface area contributed by atoms with E-state index in [1.807, 2.05) is 19.9 Å². The molecule has 1 aliphatic heterocycles. The third-order valence-electron chi connectivity index (χ3n) is 5.64. The maximum atomic E-state index is 12.3. The number of hydrogen-bond donors (Lipinski definition) is 1. The molecule has 2 aromatic rings. The third-order valence-corrected chi connectivity index (χ3v) is 5.64. The van der Waals surface area contributed by atoms with E-state index in [1.165, 1.54) is 0 Å². The molecule has 4 rings (SSSR count). The minimum atomic E-state index is -0.732. The number of hydrogen-bond acceptors (Lipinski definition) is 8. The molecule has 9 nitrogen and oxygen atoms in total. The van der Waals surface area contributed by atoms with Gasteiger partial charge in [-0.2, -0.15) is 4.98 Å². The van der Waals surface area contributed by atoms with Gasteiger partial charge in [0, 0.05) is 27.1 Å². The number of amides is 1. The van der Waals surface area contributed by atoms with Gasteiger partial charge in [-0.25, -0.2) is 4.98 Å². The van der Waals surface area contributed by atoms with E-state index in [9.17, 15) is 4.79 Å². The van der Waals surface area contributed by atoms with Crippen molar-refractivity contribution in [3.63, 3.8) is 0 Å². The molecule has 1 aliphatic carbocycles. The summed E-state index contributed by atoms with van der Waals surface area (Å²) in [5.41, 5.74) is 6.59.